The van der Waals surface area contributed by atoms with Gasteiger partial charge in [0.25, 0.3) is 11.8 Å². The molecule has 11 heteroatoms. The fourth-order valence-corrected chi connectivity index (χ4v) is 3.44. The Morgan fingerprint density at radius 2 is 0.963 bits per heavy atom. The summed E-state index contributed by atoms with van der Waals surface area (Å²) in [5.41, 5.74) is 0.694. The molecule has 0 aliphatic carbocycles. The zero-order valence-electron chi connectivity index (χ0n) is 13.3. The second-order valence-corrected chi connectivity index (χ2v) is 9.27. The predicted molar refractivity (Wildman–Crippen MR) is 107 cm³/mol. The Balaban J connectivity index is 2.18. The van der Waals surface area contributed by atoms with Crippen LogP contribution in [0.2, 0.25) is 0 Å². The molecule has 2 aromatic carbocycles. The lowest BCUT2D eigenvalue weighted by atomic mass is 10.3. The molecule has 0 atom stereocenters. The van der Waals surface area contributed by atoms with E-state index in [1.54, 1.807) is 0 Å². The van der Waals surface area contributed by atoms with Crippen LogP contribution in [0.15, 0.2) is 58.3 Å². The van der Waals surface area contributed by atoms with Crippen LogP contribution in [0.1, 0.15) is 0 Å². The number of halogens is 4. The van der Waals surface area contributed by atoms with Gasteiger partial charge < -0.3 is 10.6 Å². The van der Waals surface area contributed by atoms with Crippen molar-refractivity contribution in [1.29, 1.82) is 0 Å². The maximum Gasteiger partial charge on any atom is 0.257 e. The van der Waals surface area contributed by atoms with Crippen molar-refractivity contribution in [2.75, 3.05) is 10.6 Å². The zero-order chi connectivity index (χ0) is 20.2. The van der Waals surface area contributed by atoms with Crippen LogP contribution in [0.5, 0.6) is 0 Å². The molecule has 144 valence electrons. The fraction of sp³-hybridized carbons (Fsp3) is 0.125. The number of anilines is 2. The van der Waals surface area contributed by atoms with E-state index in [4.69, 9.17) is 46.4 Å². The van der Waals surface area contributed by atoms with Crippen molar-refractivity contribution in [2.45, 2.75) is 19.5 Å². The molecule has 0 fully saturated rings. The minimum Gasteiger partial charge on any atom is -0.324 e. The molecule has 0 saturated carbocycles. The number of nitrogens with one attached hydrogen (secondary N) is 2. The Hall–Kier alpha value is -1.51. The summed E-state index contributed by atoms with van der Waals surface area (Å²) in [4.78, 5) is 20.4. The maximum absolute atomic E-state index is 12.7. The third-order valence-electron chi connectivity index (χ3n) is 3.26. The molecule has 0 saturated heterocycles. The number of hydrogen-bond acceptors (Lipinski definition) is 4. The largest absolute Gasteiger partial charge is 0.324 e. The van der Waals surface area contributed by atoms with E-state index in [9.17, 15) is 18.0 Å². The van der Waals surface area contributed by atoms with E-state index in [1.165, 1.54) is 48.5 Å². The van der Waals surface area contributed by atoms with Crippen LogP contribution in [-0.2, 0) is 19.4 Å². The van der Waals surface area contributed by atoms with Gasteiger partial charge in [-0.2, -0.15) is 0 Å². The molecular weight excluding hydrogens is 458 g/mol. The van der Waals surface area contributed by atoms with Crippen molar-refractivity contribution in [3.63, 3.8) is 0 Å². The normalized spacial score (nSPS) is 11.5. The smallest absolute Gasteiger partial charge is 0.257 e. The Morgan fingerprint density at radius 1 is 0.667 bits per heavy atom. The molecule has 0 aliphatic rings. The van der Waals surface area contributed by atoms with Crippen LogP contribution < -0.4 is 10.6 Å². The number of carbonyl (C=O) groups excluding carboxylic acids is 2. The Labute approximate surface area is 175 Å². The molecule has 2 aromatic rings. The molecule has 6 nitrogen and oxygen atoms in total. The van der Waals surface area contributed by atoms with Crippen molar-refractivity contribution < 1.29 is 18.0 Å². The summed E-state index contributed by atoms with van der Waals surface area (Å²) in [6, 6.07) is 11.0. The Morgan fingerprint density at radius 3 is 1.22 bits per heavy atom. The average Bonchev–Trinajstić information content (AvgIpc) is 2.62. The first-order chi connectivity index (χ1) is 12.6. The number of carbonyl (C=O) groups is 2. The number of hydrogen-bond donors (Lipinski definition) is 2. The highest BCUT2D eigenvalue weighted by molar-refractivity contribution is 7.91. The zero-order valence-corrected chi connectivity index (χ0v) is 17.2. The monoisotopic (exact) mass is 468 g/mol. The molecule has 0 aromatic heterocycles. The first kappa shape index (κ1) is 21.8. The number of rotatable bonds is 6. The van der Waals surface area contributed by atoms with E-state index in [0.29, 0.717) is 11.4 Å². The van der Waals surface area contributed by atoms with Crippen LogP contribution in [0.25, 0.3) is 0 Å². The summed E-state index contributed by atoms with van der Waals surface area (Å²) in [6.45, 7) is 0. The number of amides is 2. The van der Waals surface area contributed by atoms with E-state index in [2.05, 4.69) is 10.6 Å². The predicted octanol–water partition coefficient (Wildman–Crippen LogP) is 4.00. The first-order valence-corrected chi connectivity index (χ1v) is 10.5. The molecule has 0 bridgehead atoms. The van der Waals surface area contributed by atoms with Gasteiger partial charge in [-0.1, -0.05) is 46.4 Å². The van der Waals surface area contributed by atoms with Crippen LogP contribution in [0, 0.1) is 0 Å². The van der Waals surface area contributed by atoms with Crippen molar-refractivity contribution in [3.8, 4) is 0 Å². The van der Waals surface area contributed by atoms with Crippen LogP contribution in [0.4, 0.5) is 11.4 Å². The van der Waals surface area contributed by atoms with Crippen LogP contribution in [-0.4, -0.2) is 29.9 Å². The van der Waals surface area contributed by atoms with E-state index in [0.717, 1.165) is 0 Å². The van der Waals surface area contributed by atoms with Gasteiger partial charge in [0.05, 0.1) is 9.79 Å². The summed E-state index contributed by atoms with van der Waals surface area (Å²) in [5, 5.41) is 4.87. The third-order valence-corrected chi connectivity index (χ3v) is 5.84. The third kappa shape index (κ3) is 5.73. The van der Waals surface area contributed by atoms with Gasteiger partial charge in [0.2, 0.25) is 9.84 Å². The summed E-state index contributed by atoms with van der Waals surface area (Å²) < 4.78 is 25.3. The van der Waals surface area contributed by atoms with Crippen molar-refractivity contribution in [1.82, 2.24) is 0 Å². The van der Waals surface area contributed by atoms with E-state index >= 15 is 0 Å². The number of sulfone groups is 1. The highest BCUT2D eigenvalue weighted by Crippen LogP contribution is 2.24. The summed E-state index contributed by atoms with van der Waals surface area (Å²) in [7, 11) is -3.79. The van der Waals surface area contributed by atoms with Gasteiger partial charge in [-0.25, -0.2) is 8.42 Å². The van der Waals surface area contributed by atoms with Crippen molar-refractivity contribution in [2.24, 2.45) is 0 Å². The van der Waals surface area contributed by atoms with Crippen molar-refractivity contribution >= 4 is 79.4 Å². The van der Waals surface area contributed by atoms with E-state index in [1.807, 2.05) is 0 Å². The minimum absolute atomic E-state index is 0.0205. The lowest BCUT2D eigenvalue weighted by molar-refractivity contribution is -0.115. The molecule has 0 aliphatic heterocycles. The van der Waals surface area contributed by atoms with Gasteiger partial charge in [-0.05, 0) is 48.5 Å². The second-order valence-electron chi connectivity index (χ2n) is 5.13. The van der Waals surface area contributed by atoms with Crippen LogP contribution >= 0.6 is 46.4 Å². The number of benzene rings is 2. The highest BCUT2D eigenvalue weighted by atomic mass is 35.5. The second kappa shape index (κ2) is 9.12. The van der Waals surface area contributed by atoms with Gasteiger partial charge in [0, 0.05) is 11.4 Å². The Bertz CT molecular complexity index is 858. The molecule has 0 unspecified atom stereocenters. The average molecular weight is 470 g/mol. The summed E-state index contributed by atoms with van der Waals surface area (Å²) >= 11 is 21.8. The number of alkyl halides is 4. The standard InChI is InChI=1S/C16H12Cl4N2O4S/c17-13(18)15(23)21-9-1-5-11(6-2-9)27(25,26)12-7-3-10(4-8-12)22-16(24)14(19)20/h1-8,13-14H,(H,21,23)(H,22,24). The minimum atomic E-state index is -3.79. The fourth-order valence-electron chi connectivity index (χ4n) is 1.96. The first-order valence-electron chi connectivity index (χ1n) is 7.24. The molecule has 2 N–H and O–H groups in total. The van der Waals surface area contributed by atoms with E-state index in [-0.39, 0.29) is 9.79 Å². The summed E-state index contributed by atoms with van der Waals surface area (Å²) in [6.07, 6.45) is 0. The molecule has 2 amide bonds. The van der Waals surface area contributed by atoms with Gasteiger partial charge in [-0.15, -0.1) is 0 Å². The molecular formula is C16H12Cl4N2O4S. The van der Waals surface area contributed by atoms with E-state index < -0.39 is 31.3 Å². The topological polar surface area (TPSA) is 92.3 Å². The van der Waals surface area contributed by atoms with Gasteiger partial charge >= 0.3 is 0 Å². The van der Waals surface area contributed by atoms with Gasteiger partial charge in [0.15, 0.2) is 9.67 Å². The quantitative estimate of drug-likeness (QED) is 0.625. The molecule has 2 rings (SSSR count). The van der Waals surface area contributed by atoms with Crippen LogP contribution in [0.3, 0.4) is 0 Å². The molecule has 0 spiro atoms. The molecule has 0 heterocycles. The van der Waals surface area contributed by atoms with Gasteiger partial charge in [-0.3, -0.25) is 9.59 Å². The SMILES string of the molecule is O=C(Nc1ccc(S(=O)(=O)c2ccc(NC(=O)C(Cl)Cl)cc2)cc1)C(Cl)Cl. The highest BCUT2D eigenvalue weighted by Gasteiger charge is 2.19. The Kier molecular flexibility index (Phi) is 7.36. The maximum atomic E-state index is 12.7. The lowest BCUT2D eigenvalue weighted by Crippen LogP contribution is -2.18. The molecule has 27 heavy (non-hydrogen) atoms. The molecule has 0 radical (unpaired) electrons. The van der Waals surface area contributed by atoms with Crippen molar-refractivity contribution in [3.05, 3.63) is 48.5 Å². The summed E-state index contributed by atoms with van der Waals surface area (Å²) in [5.74, 6) is -1.24. The lowest BCUT2D eigenvalue weighted by Gasteiger charge is -2.09. The van der Waals surface area contributed by atoms with Gasteiger partial charge in [0.1, 0.15) is 0 Å².